The van der Waals surface area contributed by atoms with E-state index in [-0.39, 0.29) is 6.61 Å². The van der Waals surface area contributed by atoms with Crippen LogP contribution in [0.2, 0.25) is 0 Å². The molecule has 3 N–H and O–H groups in total. The molecule has 1 saturated carbocycles. The van der Waals surface area contributed by atoms with E-state index in [0.29, 0.717) is 18.5 Å². The number of aliphatic hydroxyl groups is 2. The molecule has 0 aromatic heterocycles. The molecule has 0 amide bonds. The molecule has 2 unspecified atom stereocenters. The Kier molecular flexibility index (Phi) is 3.82. The van der Waals surface area contributed by atoms with Gasteiger partial charge in [-0.25, -0.2) is 0 Å². The molecule has 1 aliphatic carbocycles. The minimum Gasteiger partial charge on any atom is -0.393 e. The average molecular weight is 235 g/mol. The lowest BCUT2D eigenvalue weighted by Crippen LogP contribution is -2.42. The van der Waals surface area contributed by atoms with Gasteiger partial charge < -0.3 is 15.5 Å². The van der Waals surface area contributed by atoms with Gasteiger partial charge in [-0.1, -0.05) is 30.3 Å². The highest BCUT2D eigenvalue weighted by atomic mass is 16.3. The SMILES string of the molecule is CC(O)(CO)CNC(c1ccccc1)C1CC1. The molecule has 0 aliphatic heterocycles. The van der Waals surface area contributed by atoms with Crippen molar-refractivity contribution in [1.29, 1.82) is 0 Å². The first-order valence-electron chi connectivity index (χ1n) is 6.24. The van der Waals surface area contributed by atoms with Gasteiger partial charge in [-0.2, -0.15) is 0 Å². The molecule has 2 atom stereocenters. The van der Waals surface area contributed by atoms with Gasteiger partial charge in [0.05, 0.1) is 12.2 Å². The van der Waals surface area contributed by atoms with Crippen LogP contribution in [0.25, 0.3) is 0 Å². The fourth-order valence-corrected chi connectivity index (χ4v) is 2.03. The van der Waals surface area contributed by atoms with Gasteiger partial charge in [0.15, 0.2) is 0 Å². The lowest BCUT2D eigenvalue weighted by Gasteiger charge is -2.26. The van der Waals surface area contributed by atoms with Crippen molar-refractivity contribution in [3.8, 4) is 0 Å². The largest absolute Gasteiger partial charge is 0.393 e. The van der Waals surface area contributed by atoms with Crippen molar-refractivity contribution in [3.05, 3.63) is 35.9 Å². The van der Waals surface area contributed by atoms with Gasteiger partial charge in [0.2, 0.25) is 0 Å². The summed E-state index contributed by atoms with van der Waals surface area (Å²) in [7, 11) is 0. The molecule has 1 aromatic carbocycles. The summed E-state index contributed by atoms with van der Waals surface area (Å²) >= 11 is 0. The van der Waals surface area contributed by atoms with Crippen LogP contribution < -0.4 is 5.32 Å². The predicted molar refractivity (Wildman–Crippen MR) is 67.6 cm³/mol. The van der Waals surface area contributed by atoms with Crippen LogP contribution >= 0.6 is 0 Å². The minimum atomic E-state index is -1.04. The normalized spacial score (nSPS) is 20.9. The zero-order valence-electron chi connectivity index (χ0n) is 10.3. The van der Waals surface area contributed by atoms with E-state index in [2.05, 4.69) is 17.4 Å². The first-order valence-corrected chi connectivity index (χ1v) is 6.24. The van der Waals surface area contributed by atoms with Gasteiger partial charge in [-0.3, -0.25) is 0 Å². The number of benzene rings is 1. The van der Waals surface area contributed by atoms with E-state index in [1.165, 1.54) is 18.4 Å². The number of aliphatic hydroxyl groups excluding tert-OH is 1. The van der Waals surface area contributed by atoms with Gasteiger partial charge in [0.25, 0.3) is 0 Å². The molecule has 0 saturated heterocycles. The highest BCUT2D eigenvalue weighted by Gasteiger charge is 2.33. The summed E-state index contributed by atoms with van der Waals surface area (Å²) in [5.74, 6) is 0.673. The number of nitrogens with one attached hydrogen (secondary N) is 1. The summed E-state index contributed by atoms with van der Waals surface area (Å²) in [6.45, 7) is 1.85. The van der Waals surface area contributed by atoms with Gasteiger partial charge in [-0.05, 0) is 31.2 Å². The topological polar surface area (TPSA) is 52.5 Å². The molecule has 0 radical (unpaired) electrons. The van der Waals surface area contributed by atoms with Crippen LogP contribution in [0.4, 0.5) is 0 Å². The molecule has 0 bridgehead atoms. The van der Waals surface area contributed by atoms with Crippen molar-refractivity contribution in [2.75, 3.05) is 13.2 Å². The Labute approximate surface area is 102 Å². The molecule has 17 heavy (non-hydrogen) atoms. The van der Waals surface area contributed by atoms with Crippen molar-refractivity contribution in [1.82, 2.24) is 5.32 Å². The van der Waals surface area contributed by atoms with Crippen molar-refractivity contribution in [2.24, 2.45) is 5.92 Å². The summed E-state index contributed by atoms with van der Waals surface area (Å²) in [6, 6.07) is 10.6. The predicted octanol–water partition coefficient (Wildman–Crippen LogP) is 1.47. The molecule has 2 rings (SSSR count). The van der Waals surface area contributed by atoms with Gasteiger partial charge in [0, 0.05) is 12.6 Å². The fourth-order valence-electron chi connectivity index (χ4n) is 2.03. The Morgan fingerprint density at radius 2 is 2.00 bits per heavy atom. The van der Waals surface area contributed by atoms with Crippen molar-refractivity contribution in [3.63, 3.8) is 0 Å². The zero-order chi connectivity index (χ0) is 12.3. The second-order valence-corrected chi connectivity index (χ2v) is 5.26. The third-order valence-electron chi connectivity index (χ3n) is 3.30. The van der Waals surface area contributed by atoms with E-state index in [1.54, 1.807) is 6.92 Å². The maximum atomic E-state index is 9.81. The number of hydrogen-bond acceptors (Lipinski definition) is 3. The van der Waals surface area contributed by atoms with Gasteiger partial charge >= 0.3 is 0 Å². The zero-order valence-corrected chi connectivity index (χ0v) is 10.3. The Hall–Kier alpha value is -0.900. The van der Waals surface area contributed by atoms with Gasteiger partial charge in [0.1, 0.15) is 0 Å². The molecule has 0 spiro atoms. The van der Waals surface area contributed by atoms with Crippen LogP contribution in [0.3, 0.4) is 0 Å². The van der Waals surface area contributed by atoms with Crippen molar-refractivity contribution in [2.45, 2.75) is 31.4 Å². The maximum Gasteiger partial charge on any atom is 0.0973 e. The van der Waals surface area contributed by atoms with Crippen molar-refractivity contribution >= 4 is 0 Å². The lowest BCUT2D eigenvalue weighted by atomic mass is 10.0. The molecular weight excluding hydrogens is 214 g/mol. The molecule has 3 nitrogen and oxygen atoms in total. The van der Waals surface area contributed by atoms with Crippen LogP contribution in [-0.4, -0.2) is 29.0 Å². The fraction of sp³-hybridized carbons (Fsp3) is 0.571. The van der Waals surface area contributed by atoms with E-state index in [1.807, 2.05) is 18.2 Å². The summed E-state index contributed by atoms with van der Waals surface area (Å²) in [6.07, 6.45) is 2.49. The number of hydrogen-bond donors (Lipinski definition) is 3. The second-order valence-electron chi connectivity index (χ2n) is 5.26. The Balaban J connectivity index is 1.99. The molecule has 94 valence electrons. The average Bonchev–Trinajstić information content (AvgIpc) is 3.15. The monoisotopic (exact) mass is 235 g/mol. The van der Waals surface area contributed by atoms with E-state index < -0.39 is 5.60 Å². The van der Waals surface area contributed by atoms with E-state index in [9.17, 15) is 5.11 Å². The Morgan fingerprint density at radius 3 is 2.53 bits per heavy atom. The van der Waals surface area contributed by atoms with Crippen LogP contribution in [0.15, 0.2) is 30.3 Å². The van der Waals surface area contributed by atoms with E-state index >= 15 is 0 Å². The van der Waals surface area contributed by atoms with Crippen LogP contribution in [0.5, 0.6) is 0 Å². The standard InChI is InChI=1S/C14H21NO2/c1-14(17,10-16)9-15-13(12-7-8-12)11-5-3-2-4-6-11/h2-6,12-13,15-17H,7-10H2,1H3. The molecule has 1 fully saturated rings. The van der Waals surface area contributed by atoms with Crippen molar-refractivity contribution < 1.29 is 10.2 Å². The summed E-state index contributed by atoms with van der Waals surface area (Å²) in [4.78, 5) is 0. The van der Waals surface area contributed by atoms with Crippen LogP contribution in [0, 0.1) is 5.92 Å². The van der Waals surface area contributed by atoms with E-state index in [0.717, 1.165) is 0 Å². The smallest absolute Gasteiger partial charge is 0.0973 e. The molecule has 1 aliphatic rings. The van der Waals surface area contributed by atoms with Crippen LogP contribution in [0.1, 0.15) is 31.4 Å². The molecule has 3 heteroatoms. The van der Waals surface area contributed by atoms with E-state index in [4.69, 9.17) is 5.11 Å². The molecule has 1 aromatic rings. The molecule has 0 heterocycles. The maximum absolute atomic E-state index is 9.81. The van der Waals surface area contributed by atoms with Crippen LogP contribution in [-0.2, 0) is 0 Å². The Morgan fingerprint density at radius 1 is 1.35 bits per heavy atom. The number of rotatable bonds is 6. The Bertz CT molecular complexity index is 346. The highest BCUT2D eigenvalue weighted by molar-refractivity contribution is 5.21. The summed E-state index contributed by atoms with van der Waals surface area (Å²) < 4.78 is 0. The lowest BCUT2D eigenvalue weighted by molar-refractivity contribution is 0.000172. The first kappa shape index (κ1) is 12.6. The second kappa shape index (κ2) is 5.17. The summed E-state index contributed by atoms with van der Waals surface area (Å²) in [5.41, 5.74) is 0.228. The summed E-state index contributed by atoms with van der Waals surface area (Å²) in [5, 5.41) is 22.2. The van der Waals surface area contributed by atoms with Gasteiger partial charge in [-0.15, -0.1) is 0 Å². The quantitative estimate of drug-likeness (QED) is 0.700. The third-order valence-corrected chi connectivity index (χ3v) is 3.30. The highest BCUT2D eigenvalue weighted by Crippen LogP contribution is 2.40. The minimum absolute atomic E-state index is 0.216. The first-order chi connectivity index (χ1) is 8.12. The third kappa shape index (κ3) is 3.53. The molecular formula is C14H21NO2.